The largest absolute Gasteiger partial charge is 0.184 e. The van der Waals surface area contributed by atoms with Crippen LogP contribution in [0.15, 0.2) is 85.0 Å². The van der Waals surface area contributed by atoms with Crippen molar-refractivity contribution >= 4 is 0 Å². The molecule has 0 fully saturated rings. The van der Waals surface area contributed by atoms with Gasteiger partial charge in [-0.15, -0.1) is 5.92 Å². The Morgan fingerprint density at radius 1 is 0.826 bits per heavy atom. The van der Waals surface area contributed by atoms with Crippen LogP contribution in [0.1, 0.15) is 12.5 Å². The smallest absolute Gasteiger partial charge is 0.00506 e. The van der Waals surface area contributed by atoms with Gasteiger partial charge >= 0.3 is 11.3 Å². The topological polar surface area (TPSA) is 19.9 Å². The van der Waals surface area contributed by atoms with Gasteiger partial charge in [-0.25, -0.2) is 0 Å². The van der Waals surface area contributed by atoms with Gasteiger partial charge in [0.25, 0.3) is 0 Å². The van der Waals surface area contributed by atoms with E-state index in [-0.39, 0.29) is 21.1 Å². The van der Waals surface area contributed by atoms with Crippen LogP contribution in [0.2, 0.25) is 0 Å². The average Bonchev–Trinajstić information content (AvgIpc) is 3.20. The SMILES string of the molecule is CC#Cc1ccccc1.[C-]#[O+].[CH]1C=CC=C1.[W].[c-]1ccccc1. The van der Waals surface area contributed by atoms with Gasteiger partial charge in [0.2, 0.25) is 0 Å². The number of hydrogen-bond donors (Lipinski definition) is 0. The Kier molecular flexibility index (Phi) is 20.1. The molecule has 0 saturated heterocycles. The van der Waals surface area contributed by atoms with Crippen LogP contribution in [-0.2, 0) is 25.7 Å². The monoisotopic (exact) mass is 470 g/mol. The second-order valence-corrected chi connectivity index (χ2v) is 3.78. The minimum Gasteiger partial charge on any atom is -0.184 e. The summed E-state index contributed by atoms with van der Waals surface area (Å²) in [6, 6.07) is 22.5. The molecule has 115 valence electrons. The summed E-state index contributed by atoms with van der Waals surface area (Å²) in [5, 5.41) is 0. The summed E-state index contributed by atoms with van der Waals surface area (Å²) in [5.41, 5.74) is 1.08. The van der Waals surface area contributed by atoms with Crippen molar-refractivity contribution in [1.82, 2.24) is 0 Å². The van der Waals surface area contributed by atoms with Crippen LogP contribution in [-0.4, -0.2) is 0 Å². The van der Waals surface area contributed by atoms with Crippen LogP contribution in [0, 0.1) is 31.0 Å². The minimum absolute atomic E-state index is 0. The molecule has 2 heteroatoms. The number of hydrogen-bond acceptors (Lipinski definition) is 0. The zero-order valence-corrected chi connectivity index (χ0v) is 15.9. The number of rotatable bonds is 0. The molecule has 2 aromatic carbocycles. The van der Waals surface area contributed by atoms with Crippen LogP contribution >= 0.6 is 0 Å². The van der Waals surface area contributed by atoms with Crippen molar-refractivity contribution in [2.75, 3.05) is 0 Å². The first kappa shape index (κ1) is 23.2. The average molecular weight is 470 g/mol. The van der Waals surface area contributed by atoms with Crippen LogP contribution in [0.4, 0.5) is 0 Å². The maximum Gasteiger partial charge on any atom is 0.00506 e. The zero-order chi connectivity index (χ0) is 16.3. The van der Waals surface area contributed by atoms with Gasteiger partial charge in [0, 0.05) is 33.0 Å². The third kappa shape index (κ3) is 16.1. The van der Waals surface area contributed by atoms with Gasteiger partial charge in [0.1, 0.15) is 0 Å². The third-order valence-corrected chi connectivity index (χ3v) is 2.21. The molecular formula is C21H18OW-. The van der Waals surface area contributed by atoms with Crippen molar-refractivity contribution in [2.45, 2.75) is 6.92 Å². The molecule has 0 bridgehead atoms. The van der Waals surface area contributed by atoms with Crippen LogP contribution in [0.5, 0.6) is 0 Å². The van der Waals surface area contributed by atoms with E-state index < -0.39 is 0 Å². The van der Waals surface area contributed by atoms with Crippen molar-refractivity contribution in [3.8, 4) is 11.8 Å². The van der Waals surface area contributed by atoms with Crippen molar-refractivity contribution in [3.63, 3.8) is 0 Å². The molecule has 1 radical (unpaired) electrons. The van der Waals surface area contributed by atoms with E-state index in [0.29, 0.717) is 0 Å². The number of allylic oxidation sites excluding steroid dienone is 4. The standard InChI is InChI=1S/C9H8.C6H5.C5H5.CO.W/c1-2-6-9-7-4-3-5-8-9;1-2-4-6-5-3-1;1-2-4-5-3-1;1-2;/h3-5,7-8H,1H3;1-5H;1-5H;;/q;-1;;;. The van der Waals surface area contributed by atoms with Gasteiger partial charge in [-0.3, -0.25) is 0 Å². The second kappa shape index (κ2) is 19.9. The molecule has 0 saturated carbocycles. The first-order valence-electron chi connectivity index (χ1n) is 6.69. The molecule has 0 spiro atoms. The maximum atomic E-state index is 7.50. The van der Waals surface area contributed by atoms with E-state index in [4.69, 9.17) is 4.65 Å². The summed E-state index contributed by atoms with van der Waals surface area (Å²) in [6.07, 6.45) is 10.0. The summed E-state index contributed by atoms with van der Waals surface area (Å²) in [5.74, 6) is 5.79. The Morgan fingerprint density at radius 3 is 1.65 bits per heavy atom. The van der Waals surface area contributed by atoms with E-state index in [1.807, 2.05) is 98.3 Å². The van der Waals surface area contributed by atoms with Crippen LogP contribution < -0.4 is 0 Å². The van der Waals surface area contributed by atoms with Crippen LogP contribution in [0.3, 0.4) is 0 Å². The molecule has 0 aromatic heterocycles. The van der Waals surface area contributed by atoms with E-state index in [1.54, 1.807) is 0 Å². The predicted molar refractivity (Wildman–Crippen MR) is 90.8 cm³/mol. The molecule has 1 aliphatic rings. The zero-order valence-electron chi connectivity index (χ0n) is 13.0. The Labute approximate surface area is 154 Å². The maximum absolute atomic E-state index is 7.50. The Morgan fingerprint density at radius 2 is 1.35 bits per heavy atom. The summed E-state index contributed by atoms with van der Waals surface area (Å²) >= 11 is 0. The van der Waals surface area contributed by atoms with Gasteiger partial charge in [-0.05, 0) is 19.1 Å². The fourth-order valence-corrected chi connectivity index (χ4v) is 1.33. The van der Waals surface area contributed by atoms with Crippen molar-refractivity contribution < 1.29 is 25.7 Å². The summed E-state index contributed by atoms with van der Waals surface area (Å²) in [7, 11) is 0. The Hall–Kier alpha value is -2.09. The Balaban J connectivity index is 0. The molecule has 0 amide bonds. The Bertz CT molecular complexity index is 565. The molecule has 0 unspecified atom stereocenters. The van der Waals surface area contributed by atoms with Gasteiger partial charge in [-0.1, -0.05) is 48.4 Å². The molecule has 1 nitrogen and oxygen atoms in total. The van der Waals surface area contributed by atoms with E-state index in [9.17, 15) is 0 Å². The molecule has 0 aliphatic heterocycles. The number of benzene rings is 2. The van der Waals surface area contributed by atoms with Crippen LogP contribution in [0.25, 0.3) is 0 Å². The van der Waals surface area contributed by atoms with Gasteiger partial charge in [0.15, 0.2) is 0 Å². The van der Waals surface area contributed by atoms with Gasteiger partial charge in [-0.2, -0.15) is 36.4 Å². The quantitative estimate of drug-likeness (QED) is 0.299. The van der Waals surface area contributed by atoms with E-state index in [0.717, 1.165) is 5.56 Å². The predicted octanol–water partition coefficient (Wildman–Crippen LogP) is 4.82. The molecule has 0 atom stereocenters. The summed E-state index contributed by atoms with van der Waals surface area (Å²) < 4.78 is 7.50. The van der Waals surface area contributed by atoms with E-state index in [1.165, 1.54) is 0 Å². The first-order chi connectivity index (χ1) is 10.9. The third-order valence-electron chi connectivity index (χ3n) is 2.21. The van der Waals surface area contributed by atoms with Gasteiger partial charge < -0.3 is 0 Å². The molecule has 0 heterocycles. The minimum atomic E-state index is 0. The normalized spacial score (nSPS) is 9.00. The summed E-state index contributed by atoms with van der Waals surface area (Å²) in [4.78, 5) is 0. The second-order valence-electron chi connectivity index (χ2n) is 3.78. The molecule has 23 heavy (non-hydrogen) atoms. The van der Waals surface area contributed by atoms with E-state index >= 15 is 0 Å². The van der Waals surface area contributed by atoms with Crippen molar-refractivity contribution in [2.24, 2.45) is 0 Å². The molecule has 2 aromatic rings. The molecule has 1 aliphatic carbocycles. The molecular weight excluding hydrogens is 452 g/mol. The molecule has 3 rings (SSSR count). The first-order valence-corrected chi connectivity index (χ1v) is 6.69. The van der Waals surface area contributed by atoms with Gasteiger partial charge in [0.05, 0.1) is 0 Å². The fraction of sp³-hybridized carbons (Fsp3) is 0.0476. The van der Waals surface area contributed by atoms with Crippen molar-refractivity contribution in [1.29, 1.82) is 0 Å². The van der Waals surface area contributed by atoms with Crippen molar-refractivity contribution in [3.05, 3.63) is 110 Å². The summed E-state index contributed by atoms with van der Waals surface area (Å²) in [6.45, 7) is 6.34. The molecule has 0 N–H and O–H groups in total. The fourth-order valence-electron chi connectivity index (χ4n) is 1.33. The van der Waals surface area contributed by atoms with E-state index in [2.05, 4.69) is 24.6 Å².